The minimum absolute atomic E-state index is 0.118. The molecule has 0 bridgehead atoms. The highest BCUT2D eigenvalue weighted by atomic mass is 16.5. The summed E-state index contributed by atoms with van der Waals surface area (Å²) in [7, 11) is 0. The van der Waals surface area contributed by atoms with E-state index in [0.29, 0.717) is 6.42 Å². The Labute approximate surface area is 132 Å². The number of rotatable bonds is 5. The molecule has 3 nitrogen and oxygen atoms in total. The summed E-state index contributed by atoms with van der Waals surface area (Å²) in [5.74, 6) is 0.621. The van der Waals surface area contributed by atoms with E-state index in [1.54, 1.807) is 0 Å². The second-order valence-electron chi connectivity index (χ2n) is 5.70. The van der Waals surface area contributed by atoms with Crippen molar-refractivity contribution in [1.82, 2.24) is 0 Å². The van der Waals surface area contributed by atoms with Crippen LogP contribution in [0.1, 0.15) is 30.0 Å². The average molecular weight is 297 g/mol. The maximum absolute atomic E-state index is 12.4. The van der Waals surface area contributed by atoms with Crippen molar-refractivity contribution in [3.8, 4) is 5.75 Å². The normalized spacial score (nSPS) is 11.8. The van der Waals surface area contributed by atoms with E-state index in [4.69, 9.17) is 4.74 Å². The van der Waals surface area contributed by atoms with E-state index in [1.807, 2.05) is 64.1 Å². The lowest BCUT2D eigenvalue weighted by atomic mass is 10.1. The van der Waals surface area contributed by atoms with Gasteiger partial charge in [0.05, 0.1) is 0 Å². The second kappa shape index (κ2) is 7.12. The number of carbonyl (C=O) groups excluding carboxylic acids is 1. The summed E-state index contributed by atoms with van der Waals surface area (Å²) in [5, 5.41) is 2.92. The van der Waals surface area contributed by atoms with Gasteiger partial charge in [-0.25, -0.2) is 0 Å². The van der Waals surface area contributed by atoms with Crippen LogP contribution in [0.15, 0.2) is 42.5 Å². The maximum Gasteiger partial charge on any atom is 0.265 e. The molecule has 2 rings (SSSR count). The number of nitrogens with one attached hydrogen (secondary N) is 1. The first-order valence-corrected chi connectivity index (χ1v) is 7.60. The van der Waals surface area contributed by atoms with Crippen molar-refractivity contribution < 1.29 is 9.53 Å². The molecule has 0 saturated carbocycles. The Morgan fingerprint density at radius 2 is 1.73 bits per heavy atom. The summed E-state index contributed by atoms with van der Waals surface area (Å²) >= 11 is 0. The van der Waals surface area contributed by atoms with Crippen LogP contribution >= 0.6 is 0 Å². The van der Waals surface area contributed by atoms with Crippen molar-refractivity contribution >= 4 is 11.6 Å². The fourth-order valence-corrected chi connectivity index (χ4v) is 2.43. The zero-order chi connectivity index (χ0) is 16.1. The number of hydrogen-bond acceptors (Lipinski definition) is 2. The molecule has 0 radical (unpaired) electrons. The molecule has 1 amide bonds. The zero-order valence-electron chi connectivity index (χ0n) is 13.6. The van der Waals surface area contributed by atoms with E-state index in [1.165, 1.54) is 0 Å². The number of carbonyl (C=O) groups is 1. The number of ether oxygens (including phenoxy) is 1. The van der Waals surface area contributed by atoms with Gasteiger partial charge in [-0.2, -0.15) is 0 Å². The van der Waals surface area contributed by atoms with Crippen LogP contribution in [-0.2, 0) is 4.79 Å². The monoisotopic (exact) mass is 297 g/mol. The quantitative estimate of drug-likeness (QED) is 0.888. The molecule has 0 aliphatic rings. The van der Waals surface area contributed by atoms with Crippen LogP contribution in [0.3, 0.4) is 0 Å². The largest absolute Gasteiger partial charge is 0.481 e. The molecule has 0 aliphatic heterocycles. The molecule has 22 heavy (non-hydrogen) atoms. The minimum atomic E-state index is -0.498. The highest BCUT2D eigenvalue weighted by molar-refractivity contribution is 5.94. The number of aryl methyl sites for hydroxylation is 3. The van der Waals surface area contributed by atoms with E-state index in [9.17, 15) is 4.79 Å². The summed E-state index contributed by atoms with van der Waals surface area (Å²) in [4.78, 5) is 12.4. The first-order chi connectivity index (χ1) is 10.5. The number of hydrogen-bond donors (Lipinski definition) is 1. The molecule has 2 aromatic rings. The second-order valence-corrected chi connectivity index (χ2v) is 5.70. The molecule has 0 spiro atoms. The predicted octanol–water partition coefficient (Wildman–Crippen LogP) is 4.41. The minimum Gasteiger partial charge on any atom is -0.481 e. The Morgan fingerprint density at radius 3 is 2.32 bits per heavy atom. The number of amides is 1. The molecule has 0 heterocycles. The van der Waals surface area contributed by atoms with E-state index in [0.717, 1.165) is 28.1 Å². The van der Waals surface area contributed by atoms with Gasteiger partial charge in [-0.05, 0) is 68.1 Å². The summed E-state index contributed by atoms with van der Waals surface area (Å²) in [5.41, 5.74) is 4.17. The SMILES string of the molecule is CCC(Oc1cc(C)cc(C)c1)C(=O)Nc1cccc(C)c1. The van der Waals surface area contributed by atoms with Crippen LogP contribution in [-0.4, -0.2) is 12.0 Å². The van der Waals surface area contributed by atoms with Crippen LogP contribution < -0.4 is 10.1 Å². The van der Waals surface area contributed by atoms with Crippen LogP contribution in [0.2, 0.25) is 0 Å². The lowest BCUT2D eigenvalue weighted by Gasteiger charge is -2.18. The van der Waals surface area contributed by atoms with E-state index < -0.39 is 6.10 Å². The molecule has 1 N–H and O–H groups in total. The number of benzene rings is 2. The van der Waals surface area contributed by atoms with Gasteiger partial charge in [0.2, 0.25) is 0 Å². The van der Waals surface area contributed by atoms with Crippen molar-refractivity contribution in [2.24, 2.45) is 0 Å². The van der Waals surface area contributed by atoms with Crippen molar-refractivity contribution in [2.45, 2.75) is 40.2 Å². The third-order valence-corrected chi connectivity index (χ3v) is 3.42. The van der Waals surface area contributed by atoms with Gasteiger partial charge in [-0.1, -0.05) is 25.1 Å². The lowest BCUT2D eigenvalue weighted by Crippen LogP contribution is -2.32. The molecule has 2 aromatic carbocycles. The highest BCUT2D eigenvalue weighted by Crippen LogP contribution is 2.19. The first-order valence-electron chi connectivity index (χ1n) is 7.60. The van der Waals surface area contributed by atoms with Gasteiger partial charge in [-0.3, -0.25) is 4.79 Å². The molecule has 1 atom stereocenters. The molecule has 0 fully saturated rings. The molecule has 116 valence electrons. The Morgan fingerprint density at radius 1 is 1.05 bits per heavy atom. The summed E-state index contributed by atoms with van der Waals surface area (Å²) in [6.07, 6.45) is 0.117. The molecule has 3 heteroatoms. The number of anilines is 1. The topological polar surface area (TPSA) is 38.3 Å². The van der Waals surface area contributed by atoms with Gasteiger partial charge in [0.1, 0.15) is 5.75 Å². The highest BCUT2D eigenvalue weighted by Gasteiger charge is 2.18. The fourth-order valence-electron chi connectivity index (χ4n) is 2.43. The smallest absolute Gasteiger partial charge is 0.265 e. The molecule has 0 saturated heterocycles. The Balaban J connectivity index is 2.08. The first kappa shape index (κ1) is 16.1. The van der Waals surface area contributed by atoms with Gasteiger partial charge in [0, 0.05) is 5.69 Å². The lowest BCUT2D eigenvalue weighted by molar-refractivity contribution is -0.122. The van der Waals surface area contributed by atoms with Crippen LogP contribution in [0.25, 0.3) is 0 Å². The predicted molar refractivity (Wildman–Crippen MR) is 90.4 cm³/mol. The summed E-state index contributed by atoms with van der Waals surface area (Å²) in [6.45, 7) is 7.99. The molecule has 0 aromatic heterocycles. The van der Waals surface area contributed by atoms with E-state index in [-0.39, 0.29) is 5.91 Å². The molecular weight excluding hydrogens is 274 g/mol. The van der Waals surface area contributed by atoms with Crippen LogP contribution in [0.5, 0.6) is 5.75 Å². The van der Waals surface area contributed by atoms with Crippen molar-refractivity contribution in [1.29, 1.82) is 0 Å². The Bertz CT molecular complexity index is 644. The van der Waals surface area contributed by atoms with Crippen LogP contribution in [0.4, 0.5) is 5.69 Å². The molecule has 0 aliphatic carbocycles. The third kappa shape index (κ3) is 4.35. The van der Waals surface area contributed by atoms with Gasteiger partial charge in [0.15, 0.2) is 6.10 Å². The van der Waals surface area contributed by atoms with Crippen molar-refractivity contribution in [3.63, 3.8) is 0 Å². The van der Waals surface area contributed by atoms with Gasteiger partial charge < -0.3 is 10.1 Å². The maximum atomic E-state index is 12.4. The fraction of sp³-hybridized carbons (Fsp3) is 0.316. The zero-order valence-corrected chi connectivity index (χ0v) is 13.6. The van der Waals surface area contributed by atoms with Crippen molar-refractivity contribution in [2.75, 3.05) is 5.32 Å². The third-order valence-electron chi connectivity index (χ3n) is 3.42. The molecule has 1 unspecified atom stereocenters. The van der Waals surface area contributed by atoms with Gasteiger partial charge >= 0.3 is 0 Å². The Hall–Kier alpha value is -2.29. The van der Waals surface area contributed by atoms with Crippen molar-refractivity contribution in [3.05, 3.63) is 59.2 Å². The van der Waals surface area contributed by atoms with Crippen LogP contribution in [0, 0.1) is 20.8 Å². The average Bonchev–Trinajstić information content (AvgIpc) is 2.43. The Kier molecular flexibility index (Phi) is 5.21. The molecular formula is C19H23NO2. The van der Waals surface area contributed by atoms with Gasteiger partial charge in [0.25, 0.3) is 5.91 Å². The standard InChI is InChI=1S/C19H23NO2/c1-5-18(22-17-11-14(3)9-15(4)12-17)19(21)20-16-8-6-7-13(2)10-16/h6-12,18H,5H2,1-4H3,(H,20,21). The van der Waals surface area contributed by atoms with E-state index in [2.05, 4.69) is 11.4 Å². The summed E-state index contributed by atoms with van der Waals surface area (Å²) in [6, 6.07) is 13.7. The summed E-state index contributed by atoms with van der Waals surface area (Å²) < 4.78 is 5.88. The van der Waals surface area contributed by atoms with E-state index >= 15 is 0 Å². The van der Waals surface area contributed by atoms with Gasteiger partial charge in [-0.15, -0.1) is 0 Å².